The molecule has 110 valence electrons. The van der Waals surface area contributed by atoms with Gasteiger partial charge < -0.3 is 15.2 Å². The van der Waals surface area contributed by atoms with Gasteiger partial charge in [0.25, 0.3) is 0 Å². The molecule has 2 N–H and O–H groups in total. The molecule has 1 amide bonds. The van der Waals surface area contributed by atoms with Gasteiger partial charge in [-0.25, -0.2) is 0 Å². The molecule has 0 radical (unpaired) electrons. The van der Waals surface area contributed by atoms with Gasteiger partial charge in [0, 0.05) is 13.0 Å². The van der Waals surface area contributed by atoms with Gasteiger partial charge in [0.15, 0.2) is 0 Å². The summed E-state index contributed by atoms with van der Waals surface area (Å²) in [4.78, 5) is 34.0. The standard InChI is InChI=1S/C13H23NO5/c1-5-19-11(16)6-7-14-10(15)8-13(4,9(2)3)12(17)18/h9H,5-8H2,1-4H3,(H,14,15)(H,17,18). The number of hydrogen-bond acceptors (Lipinski definition) is 4. The zero-order valence-electron chi connectivity index (χ0n) is 12.0. The highest BCUT2D eigenvalue weighted by Crippen LogP contribution is 2.31. The summed E-state index contributed by atoms with van der Waals surface area (Å²) in [6, 6.07) is 0. The third-order valence-electron chi connectivity index (χ3n) is 3.25. The molecule has 0 aromatic heterocycles. The molecule has 0 spiro atoms. The van der Waals surface area contributed by atoms with Gasteiger partial charge in [-0.15, -0.1) is 0 Å². The molecule has 0 aromatic rings. The minimum absolute atomic E-state index is 0.0883. The average molecular weight is 273 g/mol. The van der Waals surface area contributed by atoms with Crippen LogP contribution in [0.4, 0.5) is 0 Å². The molecule has 0 bridgehead atoms. The molecule has 0 rings (SSSR count). The van der Waals surface area contributed by atoms with E-state index >= 15 is 0 Å². The zero-order chi connectivity index (χ0) is 15.1. The highest BCUT2D eigenvalue weighted by molar-refractivity contribution is 5.85. The van der Waals surface area contributed by atoms with Crippen LogP contribution in [-0.2, 0) is 19.1 Å². The van der Waals surface area contributed by atoms with Crippen molar-refractivity contribution in [1.29, 1.82) is 0 Å². The summed E-state index contributed by atoms with van der Waals surface area (Å²) in [5, 5.41) is 11.7. The number of aliphatic carboxylic acids is 1. The van der Waals surface area contributed by atoms with Gasteiger partial charge in [0.2, 0.25) is 5.91 Å². The fourth-order valence-electron chi connectivity index (χ4n) is 1.46. The molecule has 1 atom stereocenters. The molecule has 0 aliphatic carbocycles. The molecule has 6 nitrogen and oxygen atoms in total. The van der Waals surface area contributed by atoms with E-state index in [2.05, 4.69) is 5.32 Å². The summed E-state index contributed by atoms with van der Waals surface area (Å²) in [6.07, 6.45) is -0.0200. The Morgan fingerprint density at radius 2 is 1.89 bits per heavy atom. The van der Waals surface area contributed by atoms with Crippen molar-refractivity contribution in [2.75, 3.05) is 13.2 Å². The van der Waals surface area contributed by atoms with Gasteiger partial charge in [0.05, 0.1) is 18.4 Å². The lowest BCUT2D eigenvalue weighted by Gasteiger charge is -2.28. The van der Waals surface area contributed by atoms with E-state index in [1.54, 1.807) is 27.7 Å². The van der Waals surface area contributed by atoms with Gasteiger partial charge in [0.1, 0.15) is 0 Å². The number of hydrogen-bond donors (Lipinski definition) is 2. The Bertz CT molecular complexity index is 340. The molecule has 0 heterocycles. The van der Waals surface area contributed by atoms with E-state index in [1.165, 1.54) is 0 Å². The maximum Gasteiger partial charge on any atom is 0.310 e. The molecule has 0 saturated carbocycles. The van der Waals surface area contributed by atoms with Crippen LogP contribution in [0.5, 0.6) is 0 Å². The summed E-state index contributed by atoms with van der Waals surface area (Å²) < 4.78 is 4.72. The van der Waals surface area contributed by atoms with E-state index in [0.717, 1.165) is 0 Å². The minimum Gasteiger partial charge on any atom is -0.481 e. The normalized spacial score (nSPS) is 13.7. The van der Waals surface area contributed by atoms with Crippen molar-refractivity contribution in [2.45, 2.75) is 40.5 Å². The Balaban J connectivity index is 4.23. The van der Waals surface area contributed by atoms with Gasteiger partial charge in [-0.2, -0.15) is 0 Å². The summed E-state index contributed by atoms with van der Waals surface area (Å²) in [6.45, 7) is 7.24. The van der Waals surface area contributed by atoms with Crippen molar-refractivity contribution < 1.29 is 24.2 Å². The molecule has 1 unspecified atom stereocenters. The molecule has 0 fully saturated rings. The van der Waals surface area contributed by atoms with Gasteiger partial charge in [-0.3, -0.25) is 14.4 Å². The second-order valence-electron chi connectivity index (χ2n) is 4.96. The Morgan fingerprint density at radius 1 is 1.32 bits per heavy atom. The van der Waals surface area contributed by atoms with E-state index in [0.29, 0.717) is 6.61 Å². The Morgan fingerprint density at radius 3 is 2.32 bits per heavy atom. The van der Waals surface area contributed by atoms with Crippen LogP contribution in [0, 0.1) is 11.3 Å². The largest absolute Gasteiger partial charge is 0.481 e. The lowest BCUT2D eigenvalue weighted by Crippen LogP contribution is -2.39. The Kier molecular flexibility index (Phi) is 7.11. The molecule has 6 heteroatoms. The Labute approximate surface area is 113 Å². The summed E-state index contributed by atoms with van der Waals surface area (Å²) in [7, 11) is 0. The van der Waals surface area contributed by atoms with E-state index in [9.17, 15) is 19.5 Å². The third-order valence-corrected chi connectivity index (χ3v) is 3.25. The van der Waals surface area contributed by atoms with Crippen LogP contribution in [-0.4, -0.2) is 36.1 Å². The highest BCUT2D eigenvalue weighted by atomic mass is 16.5. The Hall–Kier alpha value is -1.59. The van der Waals surface area contributed by atoms with Crippen LogP contribution in [0.1, 0.15) is 40.5 Å². The maximum atomic E-state index is 11.7. The van der Waals surface area contributed by atoms with Gasteiger partial charge in [-0.05, 0) is 19.8 Å². The molecule has 0 aliphatic heterocycles. The summed E-state index contributed by atoms with van der Waals surface area (Å²) in [5.74, 6) is -1.92. The molecule has 19 heavy (non-hydrogen) atoms. The van der Waals surface area contributed by atoms with Crippen molar-refractivity contribution in [3.05, 3.63) is 0 Å². The molecule has 0 aromatic carbocycles. The fourth-order valence-corrected chi connectivity index (χ4v) is 1.46. The van der Waals surface area contributed by atoms with E-state index < -0.39 is 11.4 Å². The van der Waals surface area contributed by atoms with E-state index in [1.807, 2.05) is 0 Å². The molecule has 0 saturated heterocycles. The zero-order valence-corrected chi connectivity index (χ0v) is 12.0. The maximum absolute atomic E-state index is 11.7. The van der Waals surface area contributed by atoms with Gasteiger partial charge >= 0.3 is 11.9 Å². The molecular weight excluding hydrogens is 250 g/mol. The number of rotatable bonds is 8. The van der Waals surface area contributed by atoms with Crippen LogP contribution in [0.25, 0.3) is 0 Å². The monoisotopic (exact) mass is 273 g/mol. The van der Waals surface area contributed by atoms with E-state index in [4.69, 9.17) is 4.74 Å². The fraction of sp³-hybridized carbons (Fsp3) is 0.769. The first kappa shape index (κ1) is 17.4. The van der Waals surface area contributed by atoms with Crippen molar-refractivity contribution >= 4 is 17.8 Å². The van der Waals surface area contributed by atoms with Crippen LogP contribution >= 0.6 is 0 Å². The van der Waals surface area contributed by atoms with Gasteiger partial charge in [-0.1, -0.05) is 13.8 Å². The van der Waals surface area contributed by atoms with Crippen molar-refractivity contribution in [3.63, 3.8) is 0 Å². The summed E-state index contributed by atoms with van der Waals surface area (Å²) in [5.41, 5.74) is -1.10. The number of esters is 1. The van der Waals surface area contributed by atoms with Crippen LogP contribution < -0.4 is 5.32 Å². The summed E-state index contributed by atoms with van der Waals surface area (Å²) >= 11 is 0. The number of carboxylic acids is 1. The highest BCUT2D eigenvalue weighted by Gasteiger charge is 2.38. The first-order valence-corrected chi connectivity index (χ1v) is 6.39. The predicted octanol–water partition coefficient (Wildman–Crippen LogP) is 1.19. The number of ether oxygens (including phenoxy) is 1. The lowest BCUT2D eigenvalue weighted by atomic mass is 9.76. The first-order valence-electron chi connectivity index (χ1n) is 6.39. The smallest absolute Gasteiger partial charge is 0.310 e. The SMILES string of the molecule is CCOC(=O)CCNC(=O)CC(C)(C(=O)O)C(C)C. The second kappa shape index (κ2) is 7.76. The second-order valence-corrected chi connectivity index (χ2v) is 4.96. The van der Waals surface area contributed by atoms with Crippen molar-refractivity contribution in [1.82, 2.24) is 5.32 Å². The minimum atomic E-state index is -1.10. The molecule has 0 aliphatic rings. The average Bonchev–Trinajstić information content (AvgIpc) is 2.28. The lowest BCUT2D eigenvalue weighted by molar-refractivity contribution is -0.153. The predicted molar refractivity (Wildman–Crippen MR) is 69.5 cm³/mol. The van der Waals surface area contributed by atoms with Crippen LogP contribution in [0.15, 0.2) is 0 Å². The van der Waals surface area contributed by atoms with Crippen molar-refractivity contribution in [2.24, 2.45) is 11.3 Å². The first-order chi connectivity index (χ1) is 8.74. The molecular formula is C13H23NO5. The number of carbonyl (C=O) groups is 3. The number of nitrogens with one attached hydrogen (secondary N) is 1. The van der Waals surface area contributed by atoms with Crippen LogP contribution in [0.3, 0.4) is 0 Å². The van der Waals surface area contributed by atoms with Crippen LogP contribution in [0.2, 0.25) is 0 Å². The number of carboxylic acid groups (broad SMARTS) is 1. The third kappa shape index (κ3) is 5.72. The van der Waals surface area contributed by atoms with Crippen molar-refractivity contribution in [3.8, 4) is 0 Å². The number of carbonyl (C=O) groups excluding carboxylic acids is 2. The topological polar surface area (TPSA) is 92.7 Å². The van der Waals surface area contributed by atoms with E-state index in [-0.39, 0.29) is 37.2 Å². The number of amides is 1. The quantitative estimate of drug-likeness (QED) is 0.648.